The van der Waals surface area contributed by atoms with E-state index < -0.39 is 0 Å². The first-order chi connectivity index (χ1) is 13.4. The van der Waals surface area contributed by atoms with E-state index in [-0.39, 0.29) is 11.9 Å². The van der Waals surface area contributed by atoms with Gasteiger partial charge < -0.3 is 9.42 Å². The van der Waals surface area contributed by atoms with E-state index in [9.17, 15) is 4.79 Å². The highest BCUT2D eigenvalue weighted by Gasteiger charge is 2.33. The molecule has 1 aliphatic rings. The van der Waals surface area contributed by atoms with Crippen LogP contribution in [0, 0.1) is 27.7 Å². The maximum Gasteiger partial charge on any atom is 0.273 e. The van der Waals surface area contributed by atoms with Gasteiger partial charge in [0.1, 0.15) is 23.1 Å². The number of aromatic nitrogens is 5. The predicted octanol–water partition coefficient (Wildman–Crippen LogP) is 3.13. The van der Waals surface area contributed by atoms with Crippen LogP contribution in [-0.4, -0.2) is 42.4 Å². The molecule has 144 valence electrons. The molecule has 0 spiro atoms. The van der Waals surface area contributed by atoms with Crippen molar-refractivity contribution in [1.82, 2.24) is 30.0 Å². The Bertz CT molecular complexity index is 1030. The molecule has 3 aromatic heterocycles. The van der Waals surface area contributed by atoms with Gasteiger partial charge in [0.05, 0.1) is 28.7 Å². The Morgan fingerprint density at radius 1 is 1.14 bits per heavy atom. The minimum atomic E-state index is -0.108. The van der Waals surface area contributed by atoms with Crippen LogP contribution in [0.5, 0.6) is 0 Å². The molecule has 4 rings (SSSR count). The molecule has 0 aliphatic carbocycles. The van der Waals surface area contributed by atoms with Gasteiger partial charge in [-0.1, -0.05) is 5.16 Å². The second-order valence-corrected chi connectivity index (χ2v) is 7.07. The summed E-state index contributed by atoms with van der Waals surface area (Å²) in [6.07, 6.45) is 3.39. The minimum absolute atomic E-state index is 0.0943. The molecule has 8 nitrogen and oxygen atoms in total. The Labute approximate surface area is 163 Å². The molecule has 1 amide bonds. The smallest absolute Gasteiger partial charge is 0.273 e. The monoisotopic (exact) mass is 378 g/mol. The predicted molar refractivity (Wildman–Crippen MR) is 102 cm³/mol. The molecule has 3 aromatic rings. The lowest BCUT2D eigenvalue weighted by molar-refractivity contribution is 0.0726. The van der Waals surface area contributed by atoms with E-state index in [1.807, 2.05) is 31.7 Å². The second-order valence-electron chi connectivity index (χ2n) is 7.07. The van der Waals surface area contributed by atoms with Crippen LogP contribution in [0.3, 0.4) is 0 Å². The van der Waals surface area contributed by atoms with E-state index >= 15 is 0 Å². The molecule has 0 saturated carbocycles. The van der Waals surface area contributed by atoms with E-state index in [4.69, 9.17) is 4.52 Å². The Kier molecular flexibility index (Phi) is 4.62. The third kappa shape index (κ3) is 3.26. The molecule has 0 bridgehead atoms. The summed E-state index contributed by atoms with van der Waals surface area (Å²) in [6.45, 7) is 8.08. The number of hydrogen-bond donors (Lipinski definition) is 0. The van der Waals surface area contributed by atoms with Crippen molar-refractivity contribution in [2.45, 2.75) is 46.6 Å². The van der Waals surface area contributed by atoms with Crippen LogP contribution < -0.4 is 0 Å². The summed E-state index contributed by atoms with van der Waals surface area (Å²) in [5, 5.41) is 4.03. The molecule has 0 radical (unpaired) electrons. The summed E-state index contributed by atoms with van der Waals surface area (Å²) >= 11 is 0. The maximum absolute atomic E-state index is 13.1. The van der Waals surface area contributed by atoms with E-state index in [2.05, 4.69) is 25.1 Å². The number of amides is 1. The van der Waals surface area contributed by atoms with Gasteiger partial charge in [0.25, 0.3) is 5.91 Å². The van der Waals surface area contributed by atoms with Crippen LogP contribution >= 0.6 is 0 Å². The van der Waals surface area contributed by atoms with E-state index in [0.717, 1.165) is 41.2 Å². The van der Waals surface area contributed by atoms with Crippen LogP contribution in [0.25, 0.3) is 11.3 Å². The first kappa shape index (κ1) is 18.2. The van der Waals surface area contributed by atoms with Crippen molar-refractivity contribution in [2.24, 2.45) is 0 Å². The lowest BCUT2D eigenvalue weighted by Crippen LogP contribution is -2.32. The van der Waals surface area contributed by atoms with E-state index in [1.165, 1.54) is 0 Å². The molecule has 0 aromatic carbocycles. The van der Waals surface area contributed by atoms with Crippen LogP contribution in [0.15, 0.2) is 22.9 Å². The Balaban J connectivity index is 1.71. The van der Waals surface area contributed by atoms with E-state index in [0.29, 0.717) is 23.9 Å². The summed E-state index contributed by atoms with van der Waals surface area (Å²) in [6, 6.07) is 3.50. The fourth-order valence-electron chi connectivity index (χ4n) is 3.78. The first-order valence-electron chi connectivity index (χ1n) is 9.33. The molecular formula is C20H22N6O2. The zero-order chi connectivity index (χ0) is 19.8. The van der Waals surface area contributed by atoms with Crippen LogP contribution in [0.2, 0.25) is 0 Å². The van der Waals surface area contributed by atoms with Crippen LogP contribution in [-0.2, 0) is 0 Å². The highest BCUT2D eigenvalue weighted by atomic mass is 16.5. The molecule has 4 heterocycles. The lowest BCUT2D eigenvalue weighted by Gasteiger charge is -2.24. The number of carbonyl (C=O) groups excluding carboxylic acids is 1. The van der Waals surface area contributed by atoms with Crippen molar-refractivity contribution in [2.75, 3.05) is 6.54 Å². The summed E-state index contributed by atoms with van der Waals surface area (Å²) in [5.74, 6) is 1.87. The molecular weight excluding hydrogens is 356 g/mol. The lowest BCUT2D eigenvalue weighted by atomic mass is 10.1. The number of aryl methyl sites for hydroxylation is 4. The van der Waals surface area contributed by atoms with Crippen LogP contribution in [0.4, 0.5) is 0 Å². The van der Waals surface area contributed by atoms with Crippen molar-refractivity contribution >= 4 is 5.91 Å². The van der Waals surface area contributed by atoms with Gasteiger partial charge >= 0.3 is 0 Å². The summed E-state index contributed by atoms with van der Waals surface area (Å²) in [4.78, 5) is 32.5. The quantitative estimate of drug-likeness (QED) is 0.690. The van der Waals surface area contributed by atoms with Crippen molar-refractivity contribution in [3.63, 3.8) is 0 Å². The molecule has 28 heavy (non-hydrogen) atoms. The molecule has 1 fully saturated rings. The summed E-state index contributed by atoms with van der Waals surface area (Å²) in [7, 11) is 0. The molecule has 1 atom stereocenters. The van der Waals surface area contributed by atoms with Crippen molar-refractivity contribution in [3.05, 3.63) is 52.8 Å². The highest BCUT2D eigenvalue weighted by Crippen LogP contribution is 2.34. The number of hydrogen-bond acceptors (Lipinski definition) is 7. The van der Waals surface area contributed by atoms with E-state index in [1.54, 1.807) is 19.2 Å². The average Bonchev–Trinajstić information content (AvgIpc) is 3.27. The topological polar surface area (TPSA) is 97.9 Å². The molecule has 1 aliphatic heterocycles. The van der Waals surface area contributed by atoms with Crippen LogP contribution in [0.1, 0.15) is 58.2 Å². The third-order valence-corrected chi connectivity index (χ3v) is 5.00. The van der Waals surface area contributed by atoms with Gasteiger partial charge in [0.15, 0.2) is 0 Å². The van der Waals surface area contributed by atoms with Crippen molar-refractivity contribution < 1.29 is 9.32 Å². The SMILES string of the molecule is Cc1nccc(C(=O)N2CCC[C@H]2c2cc(-c3c(C)noc3C)nc(C)n2)n1. The van der Waals surface area contributed by atoms with Gasteiger partial charge in [-0.15, -0.1) is 0 Å². The Hall–Kier alpha value is -3.16. The van der Waals surface area contributed by atoms with Crippen molar-refractivity contribution in [1.29, 1.82) is 0 Å². The van der Waals surface area contributed by atoms with Gasteiger partial charge in [0.2, 0.25) is 0 Å². The highest BCUT2D eigenvalue weighted by molar-refractivity contribution is 5.92. The average molecular weight is 378 g/mol. The second kappa shape index (κ2) is 7.10. The number of nitrogens with zero attached hydrogens (tertiary/aromatic N) is 6. The van der Waals surface area contributed by atoms with Gasteiger partial charge in [0, 0.05) is 12.7 Å². The standard InChI is InChI=1S/C20H22N6O2/c1-11-19(12(2)28-25-11)17-10-16(23-14(4)24-17)18-6-5-9-26(18)20(27)15-7-8-21-13(3)22-15/h7-8,10,18H,5-6,9H2,1-4H3/t18-/m0/s1. The molecule has 0 unspecified atom stereocenters. The molecule has 0 N–H and O–H groups in total. The fraction of sp³-hybridized carbons (Fsp3) is 0.400. The Morgan fingerprint density at radius 2 is 1.96 bits per heavy atom. The largest absolute Gasteiger partial charge is 0.361 e. The normalized spacial score (nSPS) is 16.6. The first-order valence-corrected chi connectivity index (χ1v) is 9.33. The van der Waals surface area contributed by atoms with Crippen molar-refractivity contribution in [3.8, 4) is 11.3 Å². The number of rotatable bonds is 3. The summed E-state index contributed by atoms with van der Waals surface area (Å²) < 4.78 is 5.29. The number of likely N-dealkylation sites (tertiary alicyclic amines) is 1. The molecule has 8 heteroatoms. The summed E-state index contributed by atoms with van der Waals surface area (Å²) in [5.41, 5.74) is 3.69. The maximum atomic E-state index is 13.1. The minimum Gasteiger partial charge on any atom is -0.361 e. The zero-order valence-electron chi connectivity index (χ0n) is 16.4. The Morgan fingerprint density at radius 3 is 2.68 bits per heavy atom. The zero-order valence-corrected chi connectivity index (χ0v) is 16.4. The third-order valence-electron chi connectivity index (χ3n) is 5.00. The van der Waals surface area contributed by atoms with Gasteiger partial charge in [-0.25, -0.2) is 19.9 Å². The fourth-order valence-corrected chi connectivity index (χ4v) is 3.78. The number of carbonyl (C=O) groups is 1. The van der Waals surface area contributed by atoms with Gasteiger partial charge in [-0.2, -0.15) is 0 Å². The molecule has 1 saturated heterocycles. The van der Waals surface area contributed by atoms with Gasteiger partial charge in [-0.3, -0.25) is 4.79 Å². The van der Waals surface area contributed by atoms with Gasteiger partial charge in [-0.05, 0) is 52.7 Å².